The minimum Gasteiger partial charge on any atom is -0.388 e. The molecule has 0 saturated carbocycles. The second-order valence-corrected chi connectivity index (χ2v) is 5.39. The first kappa shape index (κ1) is 12.0. The quantitative estimate of drug-likeness (QED) is 0.790. The average molecular weight is 280 g/mol. The molecule has 0 radical (unpaired) electrons. The van der Waals surface area contributed by atoms with E-state index in [9.17, 15) is 5.11 Å². The van der Waals surface area contributed by atoms with Gasteiger partial charge in [0.15, 0.2) is 0 Å². The van der Waals surface area contributed by atoms with E-state index in [1.54, 1.807) is 18.3 Å². The molecule has 2 unspecified atom stereocenters. The Morgan fingerprint density at radius 3 is 2.83 bits per heavy atom. The Kier molecular flexibility index (Phi) is 2.81. The van der Waals surface area contributed by atoms with Crippen molar-refractivity contribution in [1.82, 2.24) is 4.98 Å². The summed E-state index contributed by atoms with van der Waals surface area (Å²) in [6, 6.07) is 3.55. The zero-order valence-electron chi connectivity index (χ0n) is 9.69. The van der Waals surface area contributed by atoms with E-state index in [0.717, 1.165) is 22.0 Å². The summed E-state index contributed by atoms with van der Waals surface area (Å²) < 4.78 is 0. The number of halogens is 2. The number of hydrogen-bond acceptors (Lipinski definition) is 2. The zero-order valence-corrected chi connectivity index (χ0v) is 11.2. The summed E-state index contributed by atoms with van der Waals surface area (Å²) in [5.41, 5.74) is 2.81. The zero-order chi connectivity index (χ0) is 12.9. The number of aliphatic hydroxyl groups is 1. The second-order valence-electron chi connectivity index (χ2n) is 4.55. The van der Waals surface area contributed by atoms with Gasteiger partial charge in [-0.05, 0) is 23.3 Å². The molecule has 1 N–H and O–H groups in total. The predicted octanol–water partition coefficient (Wildman–Crippen LogP) is 4.03. The molecule has 1 aliphatic carbocycles. The molecule has 1 aromatic heterocycles. The van der Waals surface area contributed by atoms with Crippen LogP contribution in [0.1, 0.15) is 24.0 Å². The number of pyridine rings is 1. The Hall–Kier alpha value is -1.09. The van der Waals surface area contributed by atoms with Gasteiger partial charge in [0.1, 0.15) is 0 Å². The molecule has 2 nitrogen and oxygen atoms in total. The van der Waals surface area contributed by atoms with Crippen molar-refractivity contribution in [2.75, 3.05) is 0 Å². The van der Waals surface area contributed by atoms with Crippen molar-refractivity contribution < 1.29 is 5.11 Å². The third-order valence-corrected chi connectivity index (χ3v) is 3.93. The maximum Gasteiger partial charge on any atom is 0.0895 e. The smallest absolute Gasteiger partial charge is 0.0895 e. The van der Waals surface area contributed by atoms with E-state index in [1.807, 2.05) is 19.1 Å². The third-order valence-electron chi connectivity index (χ3n) is 3.43. The lowest BCUT2D eigenvalue weighted by Gasteiger charge is -2.23. The normalized spacial score (nSPS) is 22.2. The van der Waals surface area contributed by atoms with Gasteiger partial charge in [-0.25, -0.2) is 0 Å². The number of benzene rings is 1. The minimum atomic E-state index is -0.466. The lowest BCUT2D eigenvalue weighted by Crippen LogP contribution is -2.17. The summed E-state index contributed by atoms with van der Waals surface area (Å²) in [6.07, 6.45) is 5.03. The Morgan fingerprint density at radius 1 is 1.28 bits per heavy atom. The fourth-order valence-corrected chi connectivity index (χ4v) is 2.90. The fourth-order valence-electron chi connectivity index (χ4n) is 2.36. The van der Waals surface area contributed by atoms with Crippen molar-refractivity contribution in [2.45, 2.75) is 18.9 Å². The van der Waals surface area contributed by atoms with Crippen LogP contribution >= 0.6 is 23.2 Å². The Morgan fingerprint density at radius 2 is 2.06 bits per heavy atom. The Bertz CT molecular complexity index is 666. The molecule has 0 aliphatic heterocycles. The van der Waals surface area contributed by atoms with Gasteiger partial charge < -0.3 is 5.11 Å². The largest absolute Gasteiger partial charge is 0.388 e. The van der Waals surface area contributed by atoms with Crippen LogP contribution in [-0.4, -0.2) is 16.2 Å². The molecule has 0 fully saturated rings. The molecule has 1 aliphatic rings. The number of aromatic nitrogens is 1. The molecular formula is C14H11Cl2NO. The summed E-state index contributed by atoms with van der Waals surface area (Å²) in [5.74, 6) is 0.0275. The van der Waals surface area contributed by atoms with Gasteiger partial charge in [-0.15, -0.1) is 0 Å². The van der Waals surface area contributed by atoms with Gasteiger partial charge in [0.05, 0.1) is 16.6 Å². The van der Waals surface area contributed by atoms with Gasteiger partial charge in [0.25, 0.3) is 0 Å². The number of rotatable bonds is 0. The molecule has 92 valence electrons. The molecule has 0 amide bonds. The molecular weight excluding hydrogens is 269 g/mol. The Labute approximate surface area is 115 Å². The number of hydrogen-bond donors (Lipinski definition) is 1. The van der Waals surface area contributed by atoms with Crippen molar-refractivity contribution in [3.05, 3.63) is 45.6 Å². The molecule has 0 spiro atoms. The summed E-state index contributed by atoms with van der Waals surface area (Å²) in [4.78, 5) is 4.38. The lowest BCUT2D eigenvalue weighted by molar-refractivity contribution is 0.196. The van der Waals surface area contributed by atoms with Crippen molar-refractivity contribution in [2.24, 2.45) is 0 Å². The van der Waals surface area contributed by atoms with Gasteiger partial charge in [-0.3, -0.25) is 4.98 Å². The first-order valence-corrected chi connectivity index (χ1v) is 6.47. The molecule has 1 aromatic carbocycles. The number of fused-ring (bicyclic) bond motifs is 3. The van der Waals surface area contributed by atoms with Gasteiger partial charge in [-0.2, -0.15) is 0 Å². The van der Waals surface area contributed by atoms with Gasteiger partial charge in [0, 0.05) is 22.5 Å². The van der Waals surface area contributed by atoms with Crippen LogP contribution in [0.4, 0.5) is 0 Å². The van der Waals surface area contributed by atoms with Crippen LogP contribution in [0, 0.1) is 0 Å². The van der Waals surface area contributed by atoms with Crippen LogP contribution in [-0.2, 0) is 0 Å². The summed E-state index contributed by atoms with van der Waals surface area (Å²) >= 11 is 12.2. The fraction of sp³-hybridized carbons (Fsp3) is 0.214. The molecule has 18 heavy (non-hydrogen) atoms. The highest BCUT2D eigenvalue weighted by Gasteiger charge is 2.22. The number of nitrogens with zero attached hydrogens (tertiary/aromatic N) is 1. The highest BCUT2D eigenvalue weighted by atomic mass is 35.5. The lowest BCUT2D eigenvalue weighted by atomic mass is 9.86. The predicted molar refractivity (Wildman–Crippen MR) is 75.2 cm³/mol. The maximum atomic E-state index is 9.84. The van der Waals surface area contributed by atoms with E-state index in [4.69, 9.17) is 23.2 Å². The summed E-state index contributed by atoms with van der Waals surface area (Å²) in [5, 5.41) is 11.9. The van der Waals surface area contributed by atoms with Crippen LogP contribution < -0.4 is 0 Å². The maximum absolute atomic E-state index is 9.84. The van der Waals surface area contributed by atoms with Crippen LogP contribution in [0.5, 0.6) is 0 Å². The molecule has 2 aromatic rings. The van der Waals surface area contributed by atoms with E-state index < -0.39 is 6.10 Å². The average Bonchev–Trinajstić information content (AvgIpc) is 2.33. The summed E-state index contributed by atoms with van der Waals surface area (Å²) in [7, 11) is 0. The highest BCUT2D eigenvalue weighted by molar-refractivity contribution is 6.38. The SMILES string of the molecule is CC1c2cnc3c(Cl)cc(Cl)cc3c2C=CC1O. The van der Waals surface area contributed by atoms with Gasteiger partial charge in [-0.1, -0.05) is 42.3 Å². The van der Waals surface area contributed by atoms with E-state index in [-0.39, 0.29) is 5.92 Å². The van der Waals surface area contributed by atoms with E-state index in [1.165, 1.54) is 0 Å². The molecule has 3 rings (SSSR count). The van der Waals surface area contributed by atoms with Crippen LogP contribution in [0.25, 0.3) is 17.0 Å². The van der Waals surface area contributed by atoms with Crippen molar-refractivity contribution >= 4 is 40.2 Å². The number of aliphatic hydroxyl groups excluding tert-OH is 1. The molecule has 2 atom stereocenters. The highest BCUT2D eigenvalue weighted by Crippen LogP contribution is 2.36. The molecule has 4 heteroatoms. The van der Waals surface area contributed by atoms with Crippen LogP contribution in [0.3, 0.4) is 0 Å². The van der Waals surface area contributed by atoms with Crippen LogP contribution in [0.15, 0.2) is 24.4 Å². The molecule has 0 saturated heterocycles. The monoisotopic (exact) mass is 279 g/mol. The van der Waals surface area contributed by atoms with E-state index >= 15 is 0 Å². The third kappa shape index (κ3) is 1.72. The Balaban J connectivity index is 2.38. The second kappa shape index (κ2) is 4.23. The van der Waals surface area contributed by atoms with Gasteiger partial charge >= 0.3 is 0 Å². The standard InChI is InChI=1S/C14H11Cl2NO/c1-7-11-6-17-14-10(4-8(15)5-12(14)16)9(11)2-3-13(7)18/h2-7,13,18H,1H3. The topological polar surface area (TPSA) is 33.1 Å². The van der Waals surface area contributed by atoms with Crippen molar-refractivity contribution in [3.8, 4) is 0 Å². The molecule has 1 heterocycles. The van der Waals surface area contributed by atoms with Gasteiger partial charge in [0.2, 0.25) is 0 Å². The first-order valence-electron chi connectivity index (χ1n) is 5.72. The van der Waals surface area contributed by atoms with Crippen LogP contribution in [0.2, 0.25) is 10.0 Å². The van der Waals surface area contributed by atoms with E-state index in [2.05, 4.69) is 4.98 Å². The van der Waals surface area contributed by atoms with E-state index in [0.29, 0.717) is 10.0 Å². The first-order chi connectivity index (χ1) is 8.58. The van der Waals surface area contributed by atoms with Crippen molar-refractivity contribution in [3.63, 3.8) is 0 Å². The van der Waals surface area contributed by atoms with Crippen molar-refractivity contribution in [1.29, 1.82) is 0 Å². The molecule has 0 bridgehead atoms. The summed E-state index contributed by atoms with van der Waals surface area (Å²) in [6.45, 7) is 1.98. The minimum absolute atomic E-state index is 0.0275.